The van der Waals surface area contributed by atoms with Crippen LogP contribution in [-0.4, -0.2) is 82.1 Å². The Hall–Kier alpha value is -11.8. The summed E-state index contributed by atoms with van der Waals surface area (Å²) in [5.41, 5.74) is 2.54. The maximum Gasteiger partial charge on any atom is 0.343 e. The summed E-state index contributed by atoms with van der Waals surface area (Å²) >= 11 is 26.2. The molecule has 0 aromatic heterocycles. The number of nitrogens with zero attached hydrogens (tertiary/aromatic N) is 4. The number of hydrogen-bond acceptors (Lipinski definition) is 22. The average Bonchev–Trinajstić information content (AvgIpc) is 1.55. The van der Waals surface area contributed by atoms with E-state index in [-0.39, 0.29) is 94.1 Å². The van der Waals surface area contributed by atoms with Crippen LogP contribution in [0.3, 0.4) is 0 Å². The number of thiocarbonyl (C=S) groups is 4. The minimum Gasteiger partial charge on any atom is -0.486 e. The quantitative estimate of drug-likeness (QED) is 0.0313. The topological polar surface area (TPSA) is 216 Å². The summed E-state index contributed by atoms with van der Waals surface area (Å²) in [4.78, 5) is 119. The number of carbonyl (C=O) groups excluding carboxylic acids is 8. The van der Waals surface area contributed by atoms with Crippen molar-refractivity contribution in [2.75, 3.05) is 26.2 Å². The van der Waals surface area contributed by atoms with Crippen molar-refractivity contribution in [3.63, 3.8) is 0 Å². The Labute approximate surface area is 682 Å². The molecule has 10 aromatic rings. The van der Waals surface area contributed by atoms with Crippen LogP contribution in [-0.2, 0) is 25.6 Å². The van der Waals surface area contributed by atoms with Gasteiger partial charge in [0.05, 0.1) is 64.6 Å². The molecule has 0 saturated carbocycles. The third-order valence-electron chi connectivity index (χ3n) is 18.5. The number of thioether (sulfide) groups is 4. The van der Waals surface area contributed by atoms with E-state index in [2.05, 4.69) is 0 Å². The lowest BCUT2D eigenvalue weighted by molar-refractivity contribution is -0.114. The third kappa shape index (κ3) is 15.2. The molecule has 4 amide bonds. The molecule has 4 fully saturated rings. The SMILES string of the molecule is O=C(Oc1cc2c(cc1OC(=O)c1ccc(/C=C3\SC(=S)N(c4ccc(F)cc4)C3=O)cc1)[C@@H]1c3ccc(OC(=O)c4ccc(/C=C5\SC(=S)N(c6ccc(F)cc6)C5=O)cc4)c(OC(=O)c4ccc(/C=C5\SC(=S)N(c6ccc(F)cc6)C5=O)cc4)c3OC[C@]1(O)C2)c1ccc(/C=C2\SC(=S)N(c3ccc(F)cc3)C2=O)cc1. The largest absolute Gasteiger partial charge is 0.486 e. The molecule has 0 unspecified atom stereocenters. The first kappa shape index (κ1) is 76.2. The highest BCUT2D eigenvalue weighted by atomic mass is 32.2. The molecule has 0 bridgehead atoms. The zero-order chi connectivity index (χ0) is 79.5. The molecule has 2 atom stereocenters. The molecule has 1 aliphatic carbocycles. The molecule has 5 heterocycles. The van der Waals surface area contributed by atoms with Gasteiger partial charge in [0.25, 0.3) is 23.6 Å². The summed E-state index contributed by atoms with van der Waals surface area (Å²) in [6, 6.07) is 50.8. The van der Waals surface area contributed by atoms with E-state index in [1.807, 2.05) is 0 Å². The number of benzene rings is 10. The van der Waals surface area contributed by atoms with Crippen molar-refractivity contribution in [2.45, 2.75) is 17.9 Å². The second-order valence-electron chi connectivity index (χ2n) is 25.8. The molecule has 1 N–H and O–H groups in total. The fraction of sp³-hybridized carbons (Fsp3) is 0.0476. The molecule has 16 rings (SSSR count). The van der Waals surface area contributed by atoms with Crippen molar-refractivity contribution in [3.8, 4) is 28.7 Å². The van der Waals surface area contributed by atoms with Crippen LogP contribution in [0.4, 0.5) is 40.3 Å². The van der Waals surface area contributed by atoms with Crippen molar-refractivity contribution in [3.05, 3.63) is 322 Å². The number of ether oxygens (including phenoxy) is 5. The van der Waals surface area contributed by atoms with Gasteiger partial charge >= 0.3 is 23.9 Å². The van der Waals surface area contributed by atoms with E-state index in [1.165, 1.54) is 189 Å². The molecule has 30 heteroatoms. The summed E-state index contributed by atoms with van der Waals surface area (Å²) in [6.45, 7) is -0.497. The van der Waals surface area contributed by atoms with Crippen LogP contribution in [0.25, 0.3) is 24.3 Å². The second-order valence-corrected chi connectivity index (χ2v) is 32.5. The Morgan fingerprint density at radius 2 is 0.675 bits per heavy atom. The monoisotopic (exact) mass is 1670 g/mol. The van der Waals surface area contributed by atoms with Gasteiger partial charge in [-0.1, -0.05) is 151 Å². The molecule has 562 valence electrons. The van der Waals surface area contributed by atoms with E-state index in [0.29, 0.717) is 56.1 Å². The molecule has 6 aliphatic rings. The number of amides is 4. The van der Waals surface area contributed by atoms with Gasteiger partial charge in [-0.05, 0) is 221 Å². The minimum atomic E-state index is -1.82. The van der Waals surface area contributed by atoms with Gasteiger partial charge in [0.2, 0.25) is 5.75 Å². The Balaban J connectivity index is 0.716. The molecule has 10 aromatic carbocycles. The third-order valence-corrected chi connectivity index (χ3v) is 23.7. The first-order valence-corrected chi connectivity index (χ1v) is 38.9. The minimum absolute atomic E-state index is 0.00129. The summed E-state index contributed by atoms with van der Waals surface area (Å²) in [6.07, 6.45) is 6.13. The normalized spacial score (nSPS) is 18.5. The number of fused-ring (bicyclic) bond motifs is 5. The van der Waals surface area contributed by atoms with Gasteiger partial charge in [0, 0.05) is 17.9 Å². The highest BCUT2D eigenvalue weighted by Gasteiger charge is 2.52. The predicted molar refractivity (Wildman–Crippen MR) is 443 cm³/mol. The fourth-order valence-electron chi connectivity index (χ4n) is 13.0. The van der Waals surface area contributed by atoms with Crippen LogP contribution in [0, 0.1) is 23.3 Å². The van der Waals surface area contributed by atoms with Crippen molar-refractivity contribution in [1.82, 2.24) is 0 Å². The van der Waals surface area contributed by atoms with E-state index < -0.39 is 94.7 Å². The lowest BCUT2D eigenvalue weighted by Crippen LogP contribution is -2.44. The number of rotatable bonds is 16. The summed E-state index contributed by atoms with van der Waals surface area (Å²) in [5, 5.41) is 12.9. The Morgan fingerprint density at radius 3 is 0.991 bits per heavy atom. The van der Waals surface area contributed by atoms with Crippen LogP contribution < -0.4 is 43.3 Å². The van der Waals surface area contributed by atoms with Crippen LogP contribution in [0.2, 0.25) is 0 Å². The molecule has 114 heavy (non-hydrogen) atoms. The van der Waals surface area contributed by atoms with E-state index in [1.54, 1.807) is 72.8 Å². The number of hydrogen-bond donors (Lipinski definition) is 1. The van der Waals surface area contributed by atoms with Gasteiger partial charge in [-0.15, -0.1) is 0 Å². The van der Waals surface area contributed by atoms with Crippen LogP contribution in [0.5, 0.6) is 28.7 Å². The van der Waals surface area contributed by atoms with Crippen LogP contribution in [0.1, 0.15) is 86.3 Å². The van der Waals surface area contributed by atoms with Gasteiger partial charge in [0.15, 0.2) is 40.3 Å². The van der Waals surface area contributed by atoms with E-state index in [9.17, 15) is 61.0 Å². The van der Waals surface area contributed by atoms with Crippen molar-refractivity contribution in [1.29, 1.82) is 0 Å². The van der Waals surface area contributed by atoms with Crippen LogP contribution >= 0.6 is 95.9 Å². The van der Waals surface area contributed by atoms with Gasteiger partial charge in [0.1, 0.15) is 35.5 Å². The molecule has 0 radical (unpaired) electrons. The second kappa shape index (κ2) is 31.3. The maximum absolute atomic E-state index is 14.7. The van der Waals surface area contributed by atoms with Crippen molar-refractivity contribution in [2.24, 2.45) is 0 Å². The maximum atomic E-state index is 14.7. The fourth-order valence-corrected chi connectivity index (χ4v) is 18.2. The number of aliphatic hydroxyl groups is 1. The first-order valence-electron chi connectivity index (χ1n) is 34.0. The van der Waals surface area contributed by atoms with Gasteiger partial charge in [-0.25, -0.2) is 36.7 Å². The van der Waals surface area contributed by atoms with E-state index >= 15 is 0 Å². The lowest BCUT2D eigenvalue weighted by atomic mass is 9.80. The molecule has 0 spiro atoms. The van der Waals surface area contributed by atoms with Crippen molar-refractivity contribution >= 4 is 208 Å². The highest BCUT2D eigenvalue weighted by Crippen LogP contribution is 2.57. The molecular formula is C84H46F4N4O14S8. The number of anilines is 4. The smallest absolute Gasteiger partial charge is 0.343 e. The number of esters is 4. The lowest BCUT2D eigenvalue weighted by Gasteiger charge is -2.37. The van der Waals surface area contributed by atoms with Gasteiger partial charge in [-0.2, -0.15) is 0 Å². The average molecular weight is 1670 g/mol. The highest BCUT2D eigenvalue weighted by molar-refractivity contribution is 8.28. The number of halogens is 4. The first-order chi connectivity index (χ1) is 54.9. The van der Waals surface area contributed by atoms with Crippen molar-refractivity contribution < 1.29 is 84.7 Å². The van der Waals surface area contributed by atoms with E-state index in [0.717, 1.165) is 47.0 Å². The molecular weight excluding hydrogens is 1620 g/mol. The summed E-state index contributed by atoms with van der Waals surface area (Å²) < 4.78 is 87.2. The molecule has 4 saturated heterocycles. The zero-order valence-corrected chi connectivity index (χ0v) is 64.4. The molecule has 18 nitrogen and oxygen atoms in total. The Morgan fingerprint density at radius 1 is 0.386 bits per heavy atom. The zero-order valence-electron chi connectivity index (χ0n) is 57.9. The summed E-state index contributed by atoms with van der Waals surface area (Å²) in [5.74, 6) is -10.1. The Bertz CT molecular complexity index is 5990. The van der Waals surface area contributed by atoms with E-state index in [4.69, 9.17) is 72.6 Å². The predicted octanol–water partition coefficient (Wildman–Crippen LogP) is 17.6. The van der Waals surface area contributed by atoms with Gasteiger partial charge in [-0.3, -0.25) is 38.8 Å². The standard InChI is InChI=1S/C84H46F4N4O14S8/c85-52-17-25-56(26-18-52)89-72(93)65(111-80(89)107)35-43-1-9-47(10-2-43)76(97)103-62-34-33-60-69-61-40-64(105-78(99)49-13-5-45(6-14-49)37-67-74(95)91(82(109)113-67)58-29-21-54(87)22-30-58)63(104-77(98)48-11-3-44(4-12-48)36-66-73(94)90(81(108)112-66)57-27-19-53(86)20-28-57)39-51(61)41-84(69,101)42-102-70(60)71(62)106-79(100)50-15-7-46(8-16-50)38-68-75(96)92(83(110)114-68)59-31-23-55(88)24-32-59/h1-40,69,101H,41-42H2/b65-35-,66-36-,67-37-,68-38-/t69-,84+/m0/s1. The van der Waals surface area contributed by atoms with Crippen LogP contribution in [0.15, 0.2) is 238 Å². The number of carbonyl (C=O) groups is 8. The van der Waals surface area contributed by atoms with Gasteiger partial charge < -0.3 is 28.8 Å². The molecule has 5 aliphatic heterocycles. The Kier molecular flexibility index (Phi) is 20.9. The summed E-state index contributed by atoms with van der Waals surface area (Å²) in [7, 11) is 0.